The Balaban J connectivity index is 1.68. The van der Waals surface area contributed by atoms with Crippen LogP contribution >= 0.6 is 0 Å². The van der Waals surface area contributed by atoms with Gasteiger partial charge in [-0.2, -0.15) is 0 Å². The summed E-state index contributed by atoms with van der Waals surface area (Å²) in [7, 11) is 0. The van der Waals surface area contributed by atoms with Gasteiger partial charge in [0.1, 0.15) is 6.61 Å². The lowest BCUT2D eigenvalue weighted by molar-refractivity contribution is 0.402. The molecule has 0 unspecified atom stereocenters. The van der Waals surface area contributed by atoms with E-state index in [0.29, 0.717) is 4.90 Å². The van der Waals surface area contributed by atoms with Crippen molar-refractivity contribution in [3.63, 3.8) is 0 Å². The van der Waals surface area contributed by atoms with Crippen molar-refractivity contribution >= 4 is 21.9 Å². The molecule has 114 valence electrons. The molecule has 0 saturated heterocycles. The van der Waals surface area contributed by atoms with E-state index in [1.54, 1.807) is 0 Å². The highest BCUT2D eigenvalue weighted by Gasteiger charge is 2.02. The van der Waals surface area contributed by atoms with Gasteiger partial charge >= 0.3 is 0 Å². The number of benzene rings is 3. The molecule has 1 atom stereocenters. The maximum Gasteiger partial charge on any atom is 0.190 e. The molecule has 0 spiro atoms. The molecule has 3 aromatic rings. The lowest BCUT2D eigenvalue weighted by Gasteiger charge is -2.01. The SMILES string of the molecule is Cc1ccc([S@@](=O)OCC#Cc2cccc3ccccc23)cc1. The Labute approximate surface area is 138 Å². The molecule has 0 aliphatic heterocycles. The first-order valence-corrected chi connectivity index (χ1v) is 8.40. The highest BCUT2D eigenvalue weighted by atomic mass is 32.2. The van der Waals surface area contributed by atoms with E-state index in [2.05, 4.69) is 24.0 Å². The van der Waals surface area contributed by atoms with Crippen LogP contribution in [0.2, 0.25) is 0 Å². The summed E-state index contributed by atoms with van der Waals surface area (Å²) in [5.41, 5.74) is 2.08. The maximum atomic E-state index is 12.0. The Kier molecular flexibility index (Phi) is 4.87. The zero-order chi connectivity index (χ0) is 16.1. The quantitative estimate of drug-likeness (QED) is 0.675. The topological polar surface area (TPSA) is 26.3 Å². The standard InChI is InChI=1S/C20H16O2S/c1-16-11-13-19(14-12-16)23(21)22-15-5-9-18-8-4-7-17-6-2-3-10-20(17)18/h2-4,6-8,10-14H,15H2,1H3/t23-/m0/s1. The summed E-state index contributed by atoms with van der Waals surface area (Å²) in [4.78, 5) is 0.655. The molecular formula is C20H16O2S. The number of rotatable bonds is 3. The second-order valence-electron chi connectivity index (χ2n) is 5.14. The molecule has 0 aliphatic carbocycles. The molecule has 23 heavy (non-hydrogen) atoms. The van der Waals surface area contributed by atoms with E-state index in [-0.39, 0.29) is 6.61 Å². The fourth-order valence-electron chi connectivity index (χ4n) is 2.27. The summed E-state index contributed by atoms with van der Waals surface area (Å²) in [6.45, 7) is 2.12. The van der Waals surface area contributed by atoms with Crippen LogP contribution in [0.5, 0.6) is 0 Å². The second-order valence-corrected chi connectivity index (χ2v) is 6.31. The summed E-state index contributed by atoms with van der Waals surface area (Å²) in [6, 6.07) is 21.6. The molecule has 3 rings (SSSR count). The van der Waals surface area contributed by atoms with Crippen molar-refractivity contribution in [2.75, 3.05) is 6.61 Å². The minimum atomic E-state index is -1.48. The van der Waals surface area contributed by atoms with Crippen LogP contribution in [0.4, 0.5) is 0 Å². The molecule has 0 bridgehead atoms. The first-order valence-electron chi connectivity index (χ1n) is 7.32. The molecule has 2 nitrogen and oxygen atoms in total. The van der Waals surface area contributed by atoms with Crippen molar-refractivity contribution in [1.29, 1.82) is 0 Å². The largest absolute Gasteiger partial charge is 0.274 e. The monoisotopic (exact) mass is 320 g/mol. The van der Waals surface area contributed by atoms with Gasteiger partial charge in [-0.25, -0.2) is 4.21 Å². The molecule has 0 radical (unpaired) electrons. The smallest absolute Gasteiger partial charge is 0.190 e. The summed E-state index contributed by atoms with van der Waals surface area (Å²) in [5.74, 6) is 6.03. The van der Waals surface area contributed by atoms with Gasteiger partial charge in [0.2, 0.25) is 0 Å². The van der Waals surface area contributed by atoms with Crippen LogP contribution in [0.3, 0.4) is 0 Å². The molecule has 3 heteroatoms. The Morgan fingerprint density at radius 1 is 0.957 bits per heavy atom. The Hall–Kier alpha value is -2.41. The van der Waals surface area contributed by atoms with Crippen LogP contribution in [0, 0.1) is 18.8 Å². The third kappa shape index (κ3) is 3.87. The van der Waals surface area contributed by atoms with Crippen molar-refractivity contribution in [3.8, 4) is 11.8 Å². The van der Waals surface area contributed by atoms with Crippen molar-refractivity contribution < 1.29 is 8.39 Å². The highest BCUT2D eigenvalue weighted by Crippen LogP contribution is 2.17. The first-order chi connectivity index (χ1) is 11.2. The van der Waals surface area contributed by atoms with E-state index in [4.69, 9.17) is 4.18 Å². The molecule has 0 fully saturated rings. The number of hydrogen-bond acceptors (Lipinski definition) is 2. The number of aryl methyl sites for hydroxylation is 1. The molecule has 0 N–H and O–H groups in total. The summed E-state index contributed by atoms with van der Waals surface area (Å²) >= 11 is -1.48. The van der Waals surface area contributed by atoms with Crippen LogP contribution in [0.1, 0.15) is 11.1 Å². The molecule has 0 aromatic heterocycles. The Morgan fingerprint density at radius 3 is 2.52 bits per heavy atom. The maximum absolute atomic E-state index is 12.0. The van der Waals surface area contributed by atoms with Gasteiger partial charge in [0.15, 0.2) is 11.1 Å². The molecular weight excluding hydrogens is 304 g/mol. The molecule has 0 heterocycles. The van der Waals surface area contributed by atoms with Crippen molar-refractivity contribution in [2.24, 2.45) is 0 Å². The minimum Gasteiger partial charge on any atom is -0.274 e. The van der Waals surface area contributed by atoms with Gasteiger partial charge in [-0.1, -0.05) is 65.9 Å². The van der Waals surface area contributed by atoms with E-state index < -0.39 is 11.1 Å². The molecule has 3 aromatic carbocycles. The minimum absolute atomic E-state index is 0.129. The van der Waals surface area contributed by atoms with E-state index in [0.717, 1.165) is 21.9 Å². The fraction of sp³-hybridized carbons (Fsp3) is 0.100. The van der Waals surface area contributed by atoms with Crippen LogP contribution in [0.25, 0.3) is 10.8 Å². The zero-order valence-electron chi connectivity index (χ0n) is 12.8. The van der Waals surface area contributed by atoms with Crippen LogP contribution < -0.4 is 0 Å². The average Bonchev–Trinajstić information content (AvgIpc) is 2.59. The third-order valence-electron chi connectivity index (χ3n) is 3.46. The van der Waals surface area contributed by atoms with Crippen molar-refractivity contribution in [3.05, 3.63) is 77.9 Å². The van der Waals surface area contributed by atoms with Crippen molar-refractivity contribution in [1.82, 2.24) is 0 Å². The number of hydrogen-bond donors (Lipinski definition) is 0. The van der Waals surface area contributed by atoms with Gasteiger partial charge in [-0.15, -0.1) is 0 Å². The highest BCUT2D eigenvalue weighted by molar-refractivity contribution is 7.80. The van der Waals surface area contributed by atoms with Gasteiger partial charge in [0.25, 0.3) is 0 Å². The van der Waals surface area contributed by atoms with Gasteiger partial charge in [0, 0.05) is 5.56 Å². The predicted molar refractivity (Wildman–Crippen MR) is 94.4 cm³/mol. The summed E-state index contributed by atoms with van der Waals surface area (Å²) in [5, 5.41) is 2.27. The van der Waals surface area contributed by atoms with E-state index in [1.807, 2.05) is 61.5 Å². The Morgan fingerprint density at radius 2 is 1.70 bits per heavy atom. The van der Waals surface area contributed by atoms with E-state index in [1.165, 1.54) is 0 Å². The van der Waals surface area contributed by atoms with Crippen LogP contribution in [-0.2, 0) is 15.3 Å². The number of fused-ring (bicyclic) bond motifs is 1. The van der Waals surface area contributed by atoms with Gasteiger partial charge in [0.05, 0.1) is 4.90 Å². The fourth-order valence-corrected chi connectivity index (χ4v) is 2.93. The van der Waals surface area contributed by atoms with E-state index >= 15 is 0 Å². The third-order valence-corrected chi connectivity index (χ3v) is 4.45. The van der Waals surface area contributed by atoms with Gasteiger partial charge in [-0.3, -0.25) is 4.18 Å². The van der Waals surface area contributed by atoms with Gasteiger partial charge < -0.3 is 0 Å². The zero-order valence-corrected chi connectivity index (χ0v) is 13.6. The molecule has 0 amide bonds. The molecule has 0 saturated carbocycles. The summed E-state index contributed by atoms with van der Waals surface area (Å²) in [6.07, 6.45) is 0. The van der Waals surface area contributed by atoms with Crippen LogP contribution in [0.15, 0.2) is 71.6 Å². The predicted octanol–water partition coefficient (Wildman–Crippen LogP) is 4.24. The van der Waals surface area contributed by atoms with Crippen LogP contribution in [-0.4, -0.2) is 10.8 Å². The average molecular weight is 320 g/mol. The van der Waals surface area contributed by atoms with Gasteiger partial charge in [-0.05, 0) is 35.9 Å². The lowest BCUT2D eigenvalue weighted by atomic mass is 10.1. The second kappa shape index (κ2) is 7.23. The Bertz CT molecular complexity index is 897. The summed E-state index contributed by atoms with van der Waals surface area (Å²) < 4.78 is 17.3. The van der Waals surface area contributed by atoms with E-state index in [9.17, 15) is 4.21 Å². The lowest BCUT2D eigenvalue weighted by Crippen LogP contribution is -1.98. The molecule has 0 aliphatic rings. The normalized spacial score (nSPS) is 11.7. The first kappa shape index (κ1) is 15.5. The van der Waals surface area contributed by atoms with Crippen molar-refractivity contribution in [2.45, 2.75) is 11.8 Å².